The van der Waals surface area contributed by atoms with Gasteiger partial charge in [-0.25, -0.2) is 4.98 Å². The van der Waals surface area contributed by atoms with Gasteiger partial charge in [0, 0.05) is 32.1 Å². The van der Waals surface area contributed by atoms with Crippen molar-refractivity contribution < 1.29 is 9.59 Å². The number of amides is 2. The van der Waals surface area contributed by atoms with Gasteiger partial charge in [-0.15, -0.1) is 0 Å². The fourth-order valence-electron chi connectivity index (χ4n) is 5.28. The molecule has 2 aromatic rings. The van der Waals surface area contributed by atoms with Gasteiger partial charge < -0.3 is 9.80 Å². The highest BCUT2D eigenvalue weighted by Gasteiger charge is 2.44. The van der Waals surface area contributed by atoms with E-state index in [-0.39, 0.29) is 30.0 Å². The van der Waals surface area contributed by atoms with Crippen LogP contribution in [0.15, 0.2) is 35.4 Å². The van der Waals surface area contributed by atoms with Gasteiger partial charge in [0.05, 0.1) is 17.2 Å². The summed E-state index contributed by atoms with van der Waals surface area (Å²) in [6.07, 6.45) is 5.22. The molecule has 3 atom stereocenters. The Morgan fingerprint density at radius 1 is 1.14 bits per heavy atom. The van der Waals surface area contributed by atoms with E-state index in [1.165, 1.54) is 10.9 Å². The molecule has 3 saturated heterocycles. The first-order valence-corrected chi connectivity index (χ1v) is 10.1. The fraction of sp³-hybridized carbons (Fsp3) is 0.524. The summed E-state index contributed by atoms with van der Waals surface area (Å²) >= 11 is 0. The first kappa shape index (κ1) is 17.4. The number of piperidine rings is 3. The van der Waals surface area contributed by atoms with E-state index in [4.69, 9.17) is 0 Å². The van der Waals surface area contributed by atoms with Crippen LogP contribution in [0.3, 0.4) is 0 Å². The van der Waals surface area contributed by atoms with Crippen molar-refractivity contribution in [2.24, 2.45) is 11.8 Å². The molecule has 3 aliphatic heterocycles. The smallest absolute Gasteiger partial charge is 0.261 e. The molecule has 0 radical (unpaired) electrons. The molecule has 0 saturated carbocycles. The van der Waals surface area contributed by atoms with Crippen molar-refractivity contribution in [1.29, 1.82) is 0 Å². The minimum atomic E-state index is -0.180. The van der Waals surface area contributed by atoms with Crippen LogP contribution in [0, 0.1) is 11.8 Å². The zero-order valence-corrected chi connectivity index (χ0v) is 15.8. The molecule has 1 aromatic carbocycles. The highest BCUT2D eigenvalue weighted by Crippen LogP contribution is 2.37. The Morgan fingerprint density at radius 2 is 2.00 bits per heavy atom. The van der Waals surface area contributed by atoms with Gasteiger partial charge in [0.25, 0.3) is 5.56 Å². The second-order valence-corrected chi connectivity index (χ2v) is 8.36. The molecule has 0 aliphatic carbocycles. The molecular weight excluding hydrogens is 356 g/mol. The monoisotopic (exact) mass is 380 g/mol. The largest absolute Gasteiger partial charge is 0.340 e. The predicted octanol–water partition coefficient (Wildman–Crippen LogP) is 1.26. The maximum Gasteiger partial charge on any atom is 0.261 e. The summed E-state index contributed by atoms with van der Waals surface area (Å²) in [5, 5.41) is 0.532. The Hall–Kier alpha value is -2.70. The van der Waals surface area contributed by atoms with Crippen LogP contribution in [0.2, 0.25) is 0 Å². The third-order valence-electron chi connectivity index (χ3n) is 6.57. The summed E-state index contributed by atoms with van der Waals surface area (Å²) in [5.41, 5.74) is 0.464. The van der Waals surface area contributed by atoms with Crippen LogP contribution in [0.1, 0.15) is 25.7 Å². The van der Waals surface area contributed by atoms with Crippen LogP contribution in [-0.2, 0) is 16.1 Å². The zero-order chi connectivity index (χ0) is 19.3. The molecule has 28 heavy (non-hydrogen) atoms. The van der Waals surface area contributed by atoms with Crippen molar-refractivity contribution in [1.82, 2.24) is 19.4 Å². The van der Waals surface area contributed by atoms with Gasteiger partial charge in [0.2, 0.25) is 11.8 Å². The standard InChI is InChI=1S/C21H24N4O3/c26-19-7-3-6-18-15-8-14(10-25(18)19)9-23(11-15)20(27)12-24-13-22-17-5-2-1-4-16(17)21(24)28/h1-2,4-5,13-15,18H,3,6-12H2/t14-,15-,18?/m0/s1. The summed E-state index contributed by atoms with van der Waals surface area (Å²) in [7, 11) is 0. The SMILES string of the molecule is O=C(Cn1cnc2ccccc2c1=O)N1C[C@@H]2C[C@@H](C1)C1CCCC(=O)N1C2. The normalized spacial score (nSPS) is 27.0. The Bertz CT molecular complexity index is 1000. The summed E-state index contributed by atoms with van der Waals surface area (Å²) in [6.45, 7) is 2.13. The lowest BCUT2D eigenvalue weighted by atomic mass is 9.76. The fourth-order valence-corrected chi connectivity index (χ4v) is 5.28. The van der Waals surface area contributed by atoms with Crippen LogP contribution < -0.4 is 5.56 Å². The van der Waals surface area contributed by atoms with E-state index < -0.39 is 0 Å². The summed E-state index contributed by atoms with van der Waals surface area (Å²) in [4.78, 5) is 46.2. The Kier molecular flexibility index (Phi) is 4.18. The average Bonchev–Trinajstić information content (AvgIpc) is 2.71. The minimum absolute atomic E-state index is 0.0173. The second kappa shape index (κ2) is 6.72. The van der Waals surface area contributed by atoms with E-state index >= 15 is 0 Å². The van der Waals surface area contributed by atoms with Gasteiger partial charge in [-0.05, 0) is 43.2 Å². The first-order chi connectivity index (χ1) is 13.6. The van der Waals surface area contributed by atoms with E-state index in [9.17, 15) is 14.4 Å². The lowest BCUT2D eigenvalue weighted by molar-refractivity contribution is -0.149. The summed E-state index contributed by atoms with van der Waals surface area (Å²) in [6, 6.07) is 7.46. The third kappa shape index (κ3) is 2.89. The molecule has 7 nitrogen and oxygen atoms in total. The van der Waals surface area contributed by atoms with Gasteiger partial charge in [-0.2, -0.15) is 0 Å². The van der Waals surface area contributed by atoms with Crippen LogP contribution in [0.25, 0.3) is 10.9 Å². The number of fused-ring (bicyclic) bond motifs is 5. The lowest BCUT2D eigenvalue weighted by Crippen LogP contribution is -2.61. The van der Waals surface area contributed by atoms with Gasteiger partial charge in [-0.3, -0.25) is 19.0 Å². The maximum atomic E-state index is 13.0. The molecule has 1 unspecified atom stereocenters. The van der Waals surface area contributed by atoms with Crippen LogP contribution in [0.5, 0.6) is 0 Å². The number of benzene rings is 1. The average molecular weight is 380 g/mol. The molecule has 0 N–H and O–H groups in total. The van der Waals surface area contributed by atoms with Crippen molar-refractivity contribution in [3.05, 3.63) is 40.9 Å². The highest BCUT2D eigenvalue weighted by molar-refractivity contribution is 5.79. The van der Waals surface area contributed by atoms with Crippen LogP contribution >= 0.6 is 0 Å². The van der Waals surface area contributed by atoms with Gasteiger partial charge in [-0.1, -0.05) is 12.1 Å². The number of carbonyl (C=O) groups excluding carboxylic acids is 2. The predicted molar refractivity (Wildman–Crippen MR) is 104 cm³/mol. The minimum Gasteiger partial charge on any atom is -0.340 e. The molecule has 4 heterocycles. The number of hydrogen-bond acceptors (Lipinski definition) is 4. The van der Waals surface area contributed by atoms with E-state index in [0.717, 1.165) is 25.8 Å². The third-order valence-corrected chi connectivity index (χ3v) is 6.57. The Morgan fingerprint density at radius 3 is 2.89 bits per heavy atom. The van der Waals surface area contributed by atoms with E-state index in [2.05, 4.69) is 9.88 Å². The topological polar surface area (TPSA) is 75.5 Å². The van der Waals surface area contributed by atoms with E-state index in [1.54, 1.807) is 18.2 Å². The number of rotatable bonds is 2. The first-order valence-electron chi connectivity index (χ1n) is 10.1. The molecule has 1 aromatic heterocycles. The van der Waals surface area contributed by atoms with E-state index in [1.807, 2.05) is 11.0 Å². The molecule has 2 bridgehead atoms. The highest BCUT2D eigenvalue weighted by atomic mass is 16.2. The molecule has 3 aliphatic rings. The second-order valence-electron chi connectivity index (χ2n) is 8.36. The molecule has 7 heteroatoms. The Labute approximate surface area is 162 Å². The van der Waals surface area contributed by atoms with Gasteiger partial charge >= 0.3 is 0 Å². The maximum absolute atomic E-state index is 13.0. The van der Waals surface area contributed by atoms with Crippen molar-refractivity contribution >= 4 is 22.7 Å². The van der Waals surface area contributed by atoms with E-state index in [0.29, 0.717) is 42.2 Å². The molecule has 2 amide bonds. The number of para-hydroxylation sites is 1. The van der Waals surface area contributed by atoms with Crippen molar-refractivity contribution in [3.63, 3.8) is 0 Å². The number of carbonyl (C=O) groups is 2. The molecule has 3 fully saturated rings. The molecule has 5 rings (SSSR count). The number of nitrogens with zero attached hydrogens (tertiary/aromatic N) is 4. The molecular formula is C21H24N4O3. The van der Waals surface area contributed by atoms with Crippen molar-refractivity contribution in [3.8, 4) is 0 Å². The molecule has 146 valence electrons. The van der Waals surface area contributed by atoms with Gasteiger partial charge in [0.1, 0.15) is 6.54 Å². The van der Waals surface area contributed by atoms with Crippen molar-refractivity contribution in [2.75, 3.05) is 19.6 Å². The molecule has 0 spiro atoms. The summed E-state index contributed by atoms with van der Waals surface area (Å²) < 4.78 is 1.41. The number of aromatic nitrogens is 2. The quantitative estimate of drug-likeness (QED) is 0.786. The van der Waals surface area contributed by atoms with Crippen LogP contribution in [0.4, 0.5) is 0 Å². The van der Waals surface area contributed by atoms with Gasteiger partial charge in [0.15, 0.2) is 0 Å². The van der Waals surface area contributed by atoms with Crippen molar-refractivity contribution in [2.45, 2.75) is 38.3 Å². The number of hydrogen-bond donors (Lipinski definition) is 0. The lowest BCUT2D eigenvalue weighted by Gasteiger charge is -2.52. The zero-order valence-electron chi connectivity index (χ0n) is 15.8. The Balaban J connectivity index is 1.34. The van der Waals surface area contributed by atoms with Crippen LogP contribution in [-0.4, -0.2) is 56.8 Å². The number of likely N-dealkylation sites (tertiary alicyclic amines) is 1. The summed E-state index contributed by atoms with van der Waals surface area (Å²) in [5.74, 6) is 0.934.